The Bertz CT molecular complexity index is 1480. The summed E-state index contributed by atoms with van der Waals surface area (Å²) in [5.41, 5.74) is 3.02. The summed E-state index contributed by atoms with van der Waals surface area (Å²) < 4.78 is 33.3. The van der Waals surface area contributed by atoms with Crippen LogP contribution in [0.15, 0.2) is 83.9 Å². The van der Waals surface area contributed by atoms with Crippen LogP contribution in [-0.4, -0.2) is 39.0 Å². The van der Waals surface area contributed by atoms with Crippen molar-refractivity contribution in [3.05, 3.63) is 89.6 Å². The number of nitrogens with one attached hydrogen (secondary N) is 3. The molecule has 0 unspecified atom stereocenters. The van der Waals surface area contributed by atoms with Gasteiger partial charge in [0.15, 0.2) is 6.61 Å². The van der Waals surface area contributed by atoms with Crippen LogP contribution in [-0.2, 0) is 14.8 Å². The second kappa shape index (κ2) is 11.3. The first-order valence-electron chi connectivity index (χ1n) is 11.2. The quantitative estimate of drug-likeness (QED) is 0.261. The molecule has 36 heavy (non-hydrogen) atoms. The first kappa shape index (κ1) is 25.3. The molecular formula is C26H25ClN4O4S. The van der Waals surface area contributed by atoms with Crippen molar-refractivity contribution in [1.29, 1.82) is 0 Å². The van der Waals surface area contributed by atoms with Gasteiger partial charge < -0.3 is 15.4 Å². The zero-order valence-electron chi connectivity index (χ0n) is 19.5. The van der Waals surface area contributed by atoms with Gasteiger partial charge >= 0.3 is 0 Å². The minimum Gasteiger partial charge on any atom is -0.484 e. The zero-order chi connectivity index (χ0) is 25.5. The van der Waals surface area contributed by atoms with Crippen molar-refractivity contribution in [2.45, 2.75) is 11.8 Å². The molecule has 10 heteroatoms. The minimum atomic E-state index is -3.74. The number of aryl methyl sites for hydroxylation is 1. The van der Waals surface area contributed by atoms with Crippen LogP contribution >= 0.6 is 11.6 Å². The molecule has 0 bridgehead atoms. The van der Waals surface area contributed by atoms with Gasteiger partial charge in [-0.3, -0.25) is 14.5 Å². The van der Waals surface area contributed by atoms with Gasteiger partial charge in [0.25, 0.3) is 15.9 Å². The van der Waals surface area contributed by atoms with E-state index in [0.29, 0.717) is 29.5 Å². The molecule has 0 fully saturated rings. The number of ether oxygens (including phenoxy) is 1. The Kier molecular flexibility index (Phi) is 7.92. The van der Waals surface area contributed by atoms with Gasteiger partial charge in [-0.15, -0.1) is 0 Å². The predicted octanol–water partition coefficient (Wildman–Crippen LogP) is 4.60. The zero-order valence-corrected chi connectivity index (χ0v) is 21.1. The number of carbonyl (C=O) groups excluding carboxylic acids is 1. The number of sulfonamides is 1. The predicted molar refractivity (Wildman–Crippen MR) is 142 cm³/mol. The number of benzene rings is 3. The summed E-state index contributed by atoms with van der Waals surface area (Å²) in [6.07, 6.45) is 1.70. The van der Waals surface area contributed by atoms with Crippen molar-refractivity contribution in [2.24, 2.45) is 0 Å². The van der Waals surface area contributed by atoms with Gasteiger partial charge in [-0.1, -0.05) is 29.8 Å². The number of para-hydroxylation sites is 1. The standard InChI is InChI=1S/C26H25ClN4O4S/c1-18-4-2-3-5-23(18)31-36(33,34)21-9-7-20(8-10-21)35-17-26(32)30-15-14-29-24-12-13-28-25-16-19(27)6-11-22(24)25/h2-13,16,31H,14-15,17H2,1H3,(H,28,29)(H,30,32). The van der Waals surface area contributed by atoms with E-state index in [1.807, 2.05) is 31.2 Å². The highest BCUT2D eigenvalue weighted by Gasteiger charge is 2.15. The number of anilines is 2. The van der Waals surface area contributed by atoms with E-state index in [9.17, 15) is 13.2 Å². The second-order valence-corrected chi connectivity index (χ2v) is 10.1. The monoisotopic (exact) mass is 524 g/mol. The van der Waals surface area contributed by atoms with Gasteiger partial charge in [0, 0.05) is 35.4 Å². The van der Waals surface area contributed by atoms with Gasteiger partial charge in [0.05, 0.1) is 16.1 Å². The van der Waals surface area contributed by atoms with Gasteiger partial charge in [-0.2, -0.15) is 0 Å². The van der Waals surface area contributed by atoms with Crippen LogP contribution in [0.3, 0.4) is 0 Å². The van der Waals surface area contributed by atoms with Crippen LogP contribution < -0.4 is 20.1 Å². The van der Waals surface area contributed by atoms with Crippen molar-refractivity contribution in [1.82, 2.24) is 10.3 Å². The largest absolute Gasteiger partial charge is 0.484 e. The molecule has 8 nitrogen and oxygen atoms in total. The van der Waals surface area contributed by atoms with Crippen molar-refractivity contribution in [3.63, 3.8) is 0 Å². The number of hydrogen-bond donors (Lipinski definition) is 3. The van der Waals surface area contributed by atoms with Crippen LogP contribution in [0.2, 0.25) is 5.02 Å². The molecule has 0 saturated carbocycles. The van der Waals surface area contributed by atoms with Gasteiger partial charge in [-0.25, -0.2) is 8.42 Å². The molecule has 0 saturated heterocycles. The van der Waals surface area contributed by atoms with Gasteiger partial charge in [0.2, 0.25) is 0 Å². The molecule has 1 aromatic heterocycles. The molecular weight excluding hydrogens is 500 g/mol. The van der Waals surface area contributed by atoms with Crippen LogP contribution in [0.5, 0.6) is 5.75 Å². The maximum atomic E-state index is 12.6. The summed E-state index contributed by atoms with van der Waals surface area (Å²) in [4.78, 5) is 16.5. The maximum Gasteiger partial charge on any atom is 0.261 e. The third-order valence-corrected chi connectivity index (χ3v) is 6.98. The highest BCUT2D eigenvalue weighted by molar-refractivity contribution is 7.92. The number of fused-ring (bicyclic) bond motifs is 1. The first-order chi connectivity index (χ1) is 17.3. The molecule has 1 heterocycles. The Balaban J connectivity index is 1.23. The normalized spacial score (nSPS) is 11.2. The lowest BCUT2D eigenvalue weighted by Gasteiger charge is -2.12. The fourth-order valence-electron chi connectivity index (χ4n) is 3.48. The van der Waals surface area contributed by atoms with Crippen LogP contribution in [0.4, 0.5) is 11.4 Å². The van der Waals surface area contributed by atoms with E-state index in [0.717, 1.165) is 22.2 Å². The number of nitrogens with zero attached hydrogens (tertiary/aromatic N) is 1. The third-order valence-electron chi connectivity index (χ3n) is 5.36. The molecule has 3 N–H and O–H groups in total. The number of halogens is 1. The molecule has 0 atom stereocenters. The highest BCUT2D eigenvalue weighted by Crippen LogP contribution is 2.24. The summed E-state index contributed by atoms with van der Waals surface area (Å²) in [5, 5.41) is 7.62. The number of aromatic nitrogens is 1. The smallest absolute Gasteiger partial charge is 0.261 e. The van der Waals surface area contributed by atoms with E-state index in [1.54, 1.807) is 30.5 Å². The fraction of sp³-hybridized carbons (Fsp3) is 0.154. The van der Waals surface area contributed by atoms with E-state index >= 15 is 0 Å². The van der Waals surface area contributed by atoms with Crippen molar-refractivity contribution in [2.75, 3.05) is 29.7 Å². The molecule has 3 aromatic carbocycles. The van der Waals surface area contributed by atoms with Crippen molar-refractivity contribution in [3.8, 4) is 5.75 Å². The van der Waals surface area contributed by atoms with E-state index in [1.165, 1.54) is 24.3 Å². The summed E-state index contributed by atoms with van der Waals surface area (Å²) >= 11 is 6.02. The Hall–Kier alpha value is -3.82. The van der Waals surface area contributed by atoms with E-state index in [-0.39, 0.29) is 17.4 Å². The van der Waals surface area contributed by atoms with Crippen LogP contribution in [0, 0.1) is 6.92 Å². The molecule has 0 aliphatic rings. The summed E-state index contributed by atoms with van der Waals surface area (Å²) in [6, 6.07) is 20.4. The molecule has 4 rings (SSSR count). The summed E-state index contributed by atoms with van der Waals surface area (Å²) in [5.74, 6) is 0.0983. The molecule has 0 radical (unpaired) electrons. The number of hydrogen-bond acceptors (Lipinski definition) is 6. The van der Waals surface area contributed by atoms with E-state index < -0.39 is 10.0 Å². The van der Waals surface area contributed by atoms with E-state index in [2.05, 4.69) is 20.3 Å². The van der Waals surface area contributed by atoms with E-state index in [4.69, 9.17) is 16.3 Å². The second-order valence-electron chi connectivity index (χ2n) is 7.98. The number of rotatable bonds is 10. The molecule has 186 valence electrons. The third kappa shape index (κ3) is 6.44. The molecule has 0 aliphatic heterocycles. The SMILES string of the molecule is Cc1ccccc1NS(=O)(=O)c1ccc(OCC(=O)NCCNc2ccnc3cc(Cl)ccc23)cc1. The Morgan fingerprint density at radius 2 is 1.75 bits per heavy atom. The average molecular weight is 525 g/mol. The maximum absolute atomic E-state index is 12.6. The Morgan fingerprint density at radius 3 is 2.53 bits per heavy atom. The fourth-order valence-corrected chi connectivity index (χ4v) is 4.78. The van der Waals surface area contributed by atoms with Crippen LogP contribution in [0.25, 0.3) is 10.9 Å². The molecule has 4 aromatic rings. The number of amides is 1. The topological polar surface area (TPSA) is 109 Å². The molecule has 1 amide bonds. The van der Waals surface area contributed by atoms with Crippen molar-refractivity contribution < 1.29 is 17.9 Å². The lowest BCUT2D eigenvalue weighted by atomic mass is 10.2. The number of carbonyl (C=O) groups is 1. The molecule has 0 spiro atoms. The average Bonchev–Trinajstić information content (AvgIpc) is 2.86. The number of pyridine rings is 1. The summed E-state index contributed by atoms with van der Waals surface area (Å²) in [7, 11) is -3.74. The van der Waals surface area contributed by atoms with Crippen molar-refractivity contribution >= 4 is 49.8 Å². The van der Waals surface area contributed by atoms with Crippen LogP contribution in [0.1, 0.15) is 5.56 Å². The first-order valence-corrected chi connectivity index (χ1v) is 13.0. The Morgan fingerprint density at radius 1 is 0.972 bits per heavy atom. The van der Waals surface area contributed by atoms with Gasteiger partial charge in [-0.05, 0) is 67.1 Å². The lowest BCUT2D eigenvalue weighted by Crippen LogP contribution is -2.32. The summed E-state index contributed by atoms with van der Waals surface area (Å²) in [6.45, 7) is 2.53. The van der Waals surface area contributed by atoms with Gasteiger partial charge in [0.1, 0.15) is 5.75 Å². The Labute approximate surface area is 214 Å². The molecule has 0 aliphatic carbocycles. The highest BCUT2D eigenvalue weighted by atomic mass is 35.5. The minimum absolute atomic E-state index is 0.0968. The lowest BCUT2D eigenvalue weighted by molar-refractivity contribution is -0.123.